The number of rotatable bonds is 4. The number of methoxy groups -OCH3 is 1. The number of halogens is 1. The first-order valence-corrected chi connectivity index (χ1v) is 6.09. The van der Waals surface area contributed by atoms with Crippen LogP contribution >= 0.6 is 0 Å². The van der Waals surface area contributed by atoms with Gasteiger partial charge in [-0.15, -0.1) is 0 Å². The monoisotopic (exact) mass is 249 g/mol. The van der Waals surface area contributed by atoms with Crippen LogP contribution in [0.5, 0.6) is 5.75 Å². The molecule has 0 heterocycles. The molecule has 18 heavy (non-hydrogen) atoms. The molecule has 0 atom stereocenters. The molecule has 1 fully saturated rings. The lowest BCUT2D eigenvalue weighted by Crippen LogP contribution is -2.26. The Morgan fingerprint density at radius 2 is 2.17 bits per heavy atom. The number of carbonyl (C=O) groups excluding carboxylic acids is 1. The fraction of sp³-hybridized carbons (Fsp3) is 0.500. The molecule has 0 aromatic heterocycles. The summed E-state index contributed by atoms with van der Waals surface area (Å²) in [6.07, 6.45) is 5.51. The predicted molar refractivity (Wildman–Crippen MR) is 66.1 cm³/mol. The summed E-state index contributed by atoms with van der Waals surface area (Å²) < 4.78 is 18.8. The van der Waals surface area contributed by atoms with Crippen LogP contribution in [0.2, 0.25) is 0 Å². The molecule has 0 radical (unpaired) electrons. The molecular weight excluding hydrogens is 233 g/mol. The molecule has 96 valence electrons. The SMILES string of the molecule is COc1ccc(F)cc1C1(CN=C=O)CCCC1. The lowest BCUT2D eigenvalue weighted by atomic mass is 9.78. The van der Waals surface area contributed by atoms with Gasteiger partial charge in [0.05, 0.1) is 13.7 Å². The van der Waals surface area contributed by atoms with Gasteiger partial charge in [-0.05, 0) is 31.0 Å². The first-order valence-electron chi connectivity index (χ1n) is 6.09. The van der Waals surface area contributed by atoms with Gasteiger partial charge in [0.1, 0.15) is 11.6 Å². The third-order valence-corrected chi connectivity index (χ3v) is 3.74. The van der Waals surface area contributed by atoms with Gasteiger partial charge in [0.2, 0.25) is 6.08 Å². The Kier molecular flexibility index (Phi) is 3.78. The van der Waals surface area contributed by atoms with Crippen LogP contribution in [0.1, 0.15) is 31.2 Å². The van der Waals surface area contributed by atoms with Crippen LogP contribution in [0, 0.1) is 5.82 Å². The van der Waals surface area contributed by atoms with Crippen molar-refractivity contribution in [1.29, 1.82) is 0 Å². The van der Waals surface area contributed by atoms with Crippen molar-refractivity contribution in [2.75, 3.05) is 13.7 Å². The summed E-state index contributed by atoms with van der Waals surface area (Å²) in [5.74, 6) is 0.381. The third-order valence-electron chi connectivity index (χ3n) is 3.74. The summed E-state index contributed by atoms with van der Waals surface area (Å²) in [4.78, 5) is 14.1. The van der Waals surface area contributed by atoms with Crippen LogP contribution in [0.3, 0.4) is 0 Å². The van der Waals surface area contributed by atoms with Gasteiger partial charge < -0.3 is 4.74 Å². The Balaban J connectivity index is 2.47. The van der Waals surface area contributed by atoms with E-state index in [1.807, 2.05) is 0 Å². The Morgan fingerprint density at radius 1 is 1.44 bits per heavy atom. The van der Waals surface area contributed by atoms with E-state index in [1.54, 1.807) is 19.3 Å². The van der Waals surface area contributed by atoms with Gasteiger partial charge >= 0.3 is 0 Å². The second kappa shape index (κ2) is 5.32. The summed E-state index contributed by atoms with van der Waals surface area (Å²) in [6, 6.07) is 4.52. The topological polar surface area (TPSA) is 38.7 Å². The average molecular weight is 249 g/mol. The van der Waals surface area contributed by atoms with Crippen LogP contribution in [0.25, 0.3) is 0 Å². The van der Waals surface area contributed by atoms with E-state index in [0.717, 1.165) is 31.2 Å². The molecule has 0 aliphatic heterocycles. The van der Waals surface area contributed by atoms with Gasteiger partial charge in [0.25, 0.3) is 0 Å². The van der Waals surface area contributed by atoms with Gasteiger partial charge in [-0.1, -0.05) is 12.8 Å². The number of hydrogen-bond donors (Lipinski definition) is 0. The van der Waals surface area contributed by atoms with Crippen LogP contribution in [0.15, 0.2) is 23.2 Å². The highest BCUT2D eigenvalue weighted by Crippen LogP contribution is 2.45. The van der Waals surface area contributed by atoms with Crippen molar-refractivity contribution in [2.24, 2.45) is 4.99 Å². The van der Waals surface area contributed by atoms with Crippen LogP contribution in [0.4, 0.5) is 4.39 Å². The molecule has 2 rings (SSSR count). The molecule has 0 N–H and O–H groups in total. The number of hydrogen-bond acceptors (Lipinski definition) is 3. The Hall–Kier alpha value is -1.67. The van der Waals surface area contributed by atoms with E-state index in [0.29, 0.717) is 12.3 Å². The Labute approximate surface area is 106 Å². The van der Waals surface area contributed by atoms with Crippen molar-refractivity contribution in [3.63, 3.8) is 0 Å². The third kappa shape index (κ3) is 2.29. The molecule has 0 saturated heterocycles. The molecule has 0 amide bonds. The largest absolute Gasteiger partial charge is 0.496 e. The zero-order valence-corrected chi connectivity index (χ0v) is 10.4. The number of benzene rings is 1. The molecule has 4 heteroatoms. The first kappa shape index (κ1) is 12.8. The highest BCUT2D eigenvalue weighted by Gasteiger charge is 2.38. The highest BCUT2D eigenvalue weighted by molar-refractivity contribution is 5.42. The van der Waals surface area contributed by atoms with Crippen molar-refractivity contribution in [1.82, 2.24) is 0 Å². The molecule has 1 aliphatic carbocycles. The number of aliphatic imine (C=N–C) groups is 1. The normalized spacial score (nSPS) is 17.2. The van der Waals surface area contributed by atoms with E-state index in [-0.39, 0.29) is 11.2 Å². The number of isocyanates is 1. The molecule has 1 aromatic rings. The molecule has 0 spiro atoms. The van der Waals surface area contributed by atoms with E-state index < -0.39 is 0 Å². The molecule has 0 unspecified atom stereocenters. The maximum absolute atomic E-state index is 13.5. The summed E-state index contributed by atoms with van der Waals surface area (Å²) in [5.41, 5.74) is 0.548. The van der Waals surface area contributed by atoms with Crippen LogP contribution in [-0.2, 0) is 10.2 Å². The standard InChI is InChI=1S/C14H16FNO2/c1-18-13-5-4-11(15)8-12(13)14(9-16-10-17)6-2-3-7-14/h4-5,8H,2-3,6-7,9H2,1H3. The molecule has 0 bridgehead atoms. The Morgan fingerprint density at radius 3 is 2.78 bits per heavy atom. The molecule has 1 aromatic carbocycles. The lowest BCUT2D eigenvalue weighted by molar-refractivity contribution is 0.375. The molecule has 1 aliphatic rings. The minimum atomic E-state index is -0.285. The first-order chi connectivity index (χ1) is 8.72. The minimum Gasteiger partial charge on any atom is -0.496 e. The zero-order chi connectivity index (χ0) is 13.0. The highest BCUT2D eigenvalue weighted by atomic mass is 19.1. The number of nitrogens with zero attached hydrogens (tertiary/aromatic N) is 1. The van der Waals surface area contributed by atoms with Crippen molar-refractivity contribution >= 4 is 6.08 Å². The fourth-order valence-corrected chi connectivity index (χ4v) is 2.84. The van der Waals surface area contributed by atoms with Crippen LogP contribution < -0.4 is 4.74 Å². The second-order valence-corrected chi connectivity index (χ2v) is 4.74. The molecular formula is C14H16FNO2. The minimum absolute atomic E-state index is 0.273. The van der Waals surface area contributed by atoms with Gasteiger partial charge in [-0.25, -0.2) is 14.2 Å². The van der Waals surface area contributed by atoms with Gasteiger partial charge in [0.15, 0.2) is 0 Å². The van der Waals surface area contributed by atoms with Crippen molar-refractivity contribution in [3.8, 4) is 5.75 Å². The van der Waals surface area contributed by atoms with Gasteiger partial charge in [-0.2, -0.15) is 0 Å². The van der Waals surface area contributed by atoms with E-state index >= 15 is 0 Å². The van der Waals surface area contributed by atoms with E-state index in [2.05, 4.69) is 4.99 Å². The summed E-state index contributed by atoms with van der Waals surface area (Å²) in [6.45, 7) is 0.357. The van der Waals surface area contributed by atoms with E-state index in [1.165, 1.54) is 12.1 Å². The number of ether oxygens (including phenoxy) is 1. The second-order valence-electron chi connectivity index (χ2n) is 4.74. The smallest absolute Gasteiger partial charge is 0.234 e. The summed E-state index contributed by atoms with van der Waals surface area (Å²) >= 11 is 0. The van der Waals surface area contributed by atoms with Gasteiger partial charge in [0, 0.05) is 11.0 Å². The van der Waals surface area contributed by atoms with Crippen molar-refractivity contribution in [3.05, 3.63) is 29.6 Å². The molecule has 3 nitrogen and oxygen atoms in total. The van der Waals surface area contributed by atoms with Crippen LogP contribution in [-0.4, -0.2) is 19.7 Å². The summed E-state index contributed by atoms with van der Waals surface area (Å²) in [7, 11) is 1.57. The van der Waals surface area contributed by atoms with Gasteiger partial charge in [-0.3, -0.25) is 0 Å². The summed E-state index contributed by atoms with van der Waals surface area (Å²) in [5, 5.41) is 0. The molecule has 1 saturated carbocycles. The van der Waals surface area contributed by atoms with E-state index in [9.17, 15) is 9.18 Å². The van der Waals surface area contributed by atoms with E-state index in [4.69, 9.17) is 4.74 Å². The Bertz CT molecular complexity index is 475. The van der Waals surface area contributed by atoms with Crippen molar-refractivity contribution < 1.29 is 13.9 Å². The maximum atomic E-state index is 13.5. The average Bonchev–Trinajstić information content (AvgIpc) is 2.86. The maximum Gasteiger partial charge on any atom is 0.234 e. The fourth-order valence-electron chi connectivity index (χ4n) is 2.84. The quantitative estimate of drug-likeness (QED) is 0.607. The lowest BCUT2D eigenvalue weighted by Gasteiger charge is -2.28. The van der Waals surface area contributed by atoms with Crippen molar-refractivity contribution in [2.45, 2.75) is 31.1 Å². The predicted octanol–water partition coefficient (Wildman–Crippen LogP) is 2.98. The zero-order valence-electron chi connectivity index (χ0n) is 10.4.